The highest BCUT2D eigenvalue weighted by Gasteiger charge is 2.50. The lowest BCUT2D eigenvalue weighted by Crippen LogP contribution is -2.68. The van der Waals surface area contributed by atoms with Gasteiger partial charge in [0.1, 0.15) is 17.0 Å². The van der Waals surface area contributed by atoms with Gasteiger partial charge in [0.2, 0.25) is 0 Å². The Morgan fingerprint density at radius 1 is 1.40 bits per heavy atom. The zero-order valence-corrected chi connectivity index (χ0v) is 14.3. The fourth-order valence-corrected chi connectivity index (χ4v) is 3.29. The summed E-state index contributed by atoms with van der Waals surface area (Å²) in [4.78, 5) is 17.3. The molecule has 0 saturated carbocycles. The first-order valence-corrected chi connectivity index (χ1v) is 8.30. The van der Waals surface area contributed by atoms with E-state index in [1.54, 1.807) is 17.1 Å². The summed E-state index contributed by atoms with van der Waals surface area (Å²) in [5.41, 5.74) is 1.78. The predicted octanol–water partition coefficient (Wildman–Crippen LogP) is 0.502. The molecule has 1 N–H and O–H groups in total. The van der Waals surface area contributed by atoms with Crippen LogP contribution in [0.1, 0.15) is 18.2 Å². The number of aromatic amines is 1. The molecule has 0 aliphatic carbocycles. The van der Waals surface area contributed by atoms with E-state index < -0.39 is 0 Å². The van der Waals surface area contributed by atoms with E-state index in [9.17, 15) is 4.79 Å². The molecule has 25 heavy (non-hydrogen) atoms. The maximum Gasteiger partial charge on any atom is 0.271 e. The van der Waals surface area contributed by atoms with Gasteiger partial charge in [-0.25, -0.2) is 0 Å². The van der Waals surface area contributed by atoms with E-state index in [2.05, 4.69) is 33.7 Å². The SMILES string of the molecule is CC1N(c2cc(C#Cc3ccnn3C)c[nH]c2=O)CCOC12COC2. The number of morpholine rings is 1. The summed E-state index contributed by atoms with van der Waals surface area (Å²) in [6.07, 6.45) is 3.35. The van der Waals surface area contributed by atoms with Crippen LogP contribution < -0.4 is 10.5 Å². The number of ether oxygens (including phenoxy) is 2. The summed E-state index contributed by atoms with van der Waals surface area (Å²) >= 11 is 0. The fourth-order valence-electron chi connectivity index (χ4n) is 3.29. The van der Waals surface area contributed by atoms with Gasteiger partial charge in [0.05, 0.1) is 32.1 Å². The minimum absolute atomic E-state index is 0.0661. The van der Waals surface area contributed by atoms with Crippen LogP contribution in [0.4, 0.5) is 5.69 Å². The molecule has 7 nitrogen and oxygen atoms in total. The van der Waals surface area contributed by atoms with Crippen molar-refractivity contribution in [3.63, 3.8) is 0 Å². The van der Waals surface area contributed by atoms with Crippen LogP contribution in [-0.4, -0.2) is 52.8 Å². The summed E-state index contributed by atoms with van der Waals surface area (Å²) in [5.74, 6) is 6.17. The molecule has 0 radical (unpaired) electrons. The van der Waals surface area contributed by atoms with Gasteiger partial charge in [0, 0.05) is 25.4 Å². The molecule has 1 spiro atoms. The lowest BCUT2D eigenvalue weighted by atomic mass is 9.90. The van der Waals surface area contributed by atoms with Gasteiger partial charge >= 0.3 is 0 Å². The molecule has 2 aliphatic rings. The summed E-state index contributed by atoms with van der Waals surface area (Å²) in [7, 11) is 1.85. The van der Waals surface area contributed by atoms with E-state index in [-0.39, 0.29) is 17.2 Å². The van der Waals surface area contributed by atoms with E-state index in [0.717, 1.165) is 11.3 Å². The average Bonchev–Trinajstić information content (AvgIpc) is 2.98. The first-order valence-electron chi connectivity index (χ1n) is 8.30. The molecule has 2 fully saturated rings. The van der Waals surface area contributed by atoms with E-state index >= 15 is 0 Å². The number of anilines is 1. The van der Waals surface area contributed by atoms with Gasteiger partial charge in [-0.05, 0) is 25.0 Å². The van der Waals surface area contributed by atoms with Crippen molar-refractivity contribution < 1.29 is 9.47 Å². The minimum atomic E-state index is -0.304. The molecule has 4 rings (SSSR count). The van der Waals surface area contributed by atoms with Crippen LogP contribution in [0.5, 0.6) is 0 Å². The fraction of sp³-hybridized carbons (Fsp3) is 0.444. The molecule has 0 amide bonds. The molecule has 1 atom stereocenters. The molecule has 2 aliphatic heterocycles. The minimum Gasteiger partial charge on any atom is -0.375 e. The lowest BCUT2D eigenvalue weighted by molar-refractivity contribution is -0.228. The number of aryl methyl sites for hydroxylation is 1. The van der Waals surface area contributed by atoms with Crippen molar-refractivity contribution in [3.8, 4) is 11.8 Å². The first kappa shape index (κ1) is 15.9. The van der Waals surface area contributed by atoms with E-state index in [1.165, 1.54) is 0 Å². The first-order chi connectivity index (χ1) is 12.1. The van der Waals surface area contributed by atoms with Crippen LogP contribution in [0.15, 0.2) is 29.3 Å². The number of H-pyrrole nitrogens is 1. The number of nitrogens with one attached hydrogen (secondary N) is 1. The van der Waals surface area contributed by atoms with Gasteiger partial charge in [0.15, 0.2) is 0 Å². The second-order valence-corrected chi connectivity index (χ2v) is 6.47. The van der Waals surface area contributed by atoms with Gasteiger partial charge in [-0.2, -0.15) is 5.10 Å². The van der Waals surface area contributed by atoms with Crippen LogP contribution in [0.25, 0.3) is 0 Å². The molecule has 0 aromatic carbocycles. The number of aromatic nitrogens is 3. The normalized spacial score (nSPS) is 21.5. The Morgan fingerprint density at radius 3 is 2.92 bits per heavy atom. The van der Waals surface area contributed by atoms with Crippen LogP contribution >= 0.6 is 0 Å². The van der Waals surface area contributed by atoms with Gasteiger partial charge in [-0.3, -0.25) is 9.48 Å². The molecule has 4 heterocycles. The smallest absolute Gasteiger partial charge is 0.271 e. The number of nitrogens with zero attached hydrogens (tertiary/aromatic N) is 3. The number of rotatable bonds is 1. The Hall–Kier alpha value is -2.56. The van der Waals surface area contributed by atoms with Gasteiger partial charge in [0.25, 0.3) is 5.56 Å². The van der Waals surface area contributed by atoms with Crippen molar-refractivity contribution >= 4 is 5.69 Å². The quantitative estimate of drug-likeness (QED) is 0.766. The zero-order chi connectivity index (χ0) is 17.4. The van der Waals surface area contributed by atoms with E-state index in [0.29, 0.717) is 32.1 Å². The zero-order valence-electron chi connectivity index (χ0n) is 14.3. The maximum atomic E-state index is 12.4. The van der Waals surface area contributed by atoms with Crippen molar-refractivity contribution in [1.29, 1.82) is 0 Å². The highest BCUT2D eigenvalue weighted by atomic mass is 16.6. The predicted molar refractivity (Wildman–Crippen MR) is 92.6 cm³/mol. The topological polar surface area (TPSA) is 72.4 Å². The van der Waals surface area contributed by atoms with Crippen molar-refractivity contribution in [2.45, 2.75) is 18.6 Å². The van der Waals surface area contributed by atoms with Crippen molar-refractivity contribution in [2.75, 3.05) is 31.3 Å². The molecule has 130 valence electrons. The molecule has 2 aromatic heterocycles. The Labute approximate surface area is 145 Å². The molecular weight excluding hydrogens is 320 g/mol. The monoisotopic (exact) mass is 340 g/mol. The molecule has 7 heteroatoms. The second-order valence-electron chi connectivity index (χ2n) is 6.47. The highest BCUT2D eigenvalue weighted by Crippen LogP contribution is 2.34. The van der Waals surface area contributed by atoms with Gasteiger partial charge in [-0.1, -0.05) is 5.92 Å². The Bertz CT molecular complexity index is 901. The largest absolute Gasteiger partial charge is 0.375 e. The standard InChI is InChI=1S/C18H20N4O3/c1-13-18(11-24-12-18)25-8-7-22(13)16-9-14(10-19-17(16)23)3-4-15-5-6-20-21(15)2/h5-6,9-10,13H,7-8,11-12H2,1-2H3,(H,19,23). The van der Waals surface area contributed by atoms with E-state index in [1.807, 2.05) is 19.2 Å². The van der Waals surface area contributed by atoms with Gasteiger partial charge < -0.3 is 19.4 Å². The Morgan fingerprint density at radius 2 is 2.24 bits per heavy atom. The molecule has 2 saturated heterocycles. The molecule has 2 aromatic rings. The molecule has 0 bridgehead atoms. The van der Waals surface area contributed by atoms with Gasteiger partial charge in [-0.15, -0.1) is 0 Å². The maximum absolute atomic E-state index is 12.4. The third-order valence-corrected chi connectivity index (χ3v) is 4.99. The lowest BCUT2D eigenvalue weighted by Gasteiger charge is -2.53. The third kappa shape index (κ3) is 2.73. The van der Waals surface area contributed by atoms with Crippen LogP contribution in [0.3, 0.4) is 0 Å². The average molecular weight is 340 g/mol. The van der Waals surface area contributed by atoms with Crippen molar-refractivity contribution in [2.24, 2.45) is 7.05 Å². The number of pyridine rings is 1. The van der Waals surface area contributed by atoms with E-state index in [4.69, 9.17) is 9.47 Å². The number of hydrogen-bond donors (Lipinski definition) is 1. The summed E-state index contributed by atoms with van der Waals surface area (Å²) < 4.78 is 13.0. The Kier molecular flexibility index (Phi) is 3.86. The summed E-state index contributed by atoms with van der Waals surface area (Å²) in [6, 6.07) is 3.76. The van der Waals surface area contributed by atoms with Crippen molar-refractivity contribution in [1.82, 2.24) is 14.8 Å². The van der Waals surface area contributed by atoms with Crippen LogP contribution in [0, 0.1) is 11.8 Å². The summed E-state index contributed by atoms with van der Waals surface area (Å²) in [5, 5.41) is 4.10. The molecular formula is C18H20N4O3. The Balaban J connectivity index is 1.65. The summed E-state index contributed by atoms with van der Waals surface area (Å²) in [6.45, 7) is 4.48. The van der Waals surface area contributed by atoms with Crippen molar-refractivity contribution in [3.05, 3.63) is 46.1 Å². The van der Waals surface area contributed by atoms with Crippen LogP contribution in [-0.2, 0) is 16.5 Å². The van der Waals surface area contributed by atoms with Crippen LogP contribution in [0.2, 0.25) is 0 Å². The highest BCUT2D eigenvalue weighted by molar-refractivity contribution is 5.52. The molecule has 1 unspecified atom stereocenters. The third-order valence-electron chi connectivity index (χ3n) is 4.99. The second kappa shape index (κ2) is 6.06. The number of hydrogen-bond acceptors (Lipinski definition) is 5.